The Balaban J connectivity index is 1.71. The fourth-order valence-electron chi connectivity index (χ4n) is 2.62. The van der Waals surface area contributed by atoms with Crippen LogP contribution in [0.25, 0.3) is 11.5 Å². The van der Waals surface area contributed by atoms with E-state index < -0.39 is 17.0 Å². The van der Waals surface area contributed by atoms with Gasteiger partial charge in [-0.1, -0.05) is 18.2 Å². The molecule has 2 aromatic carbocycles. The van der Waals surface area contributed by atoms with E-state index in [9.17, 15) is 14.9 Å². The molecule has 0 bridgehead atoms. The Kier molecular flexibility index (Phi) is 6.71. The van der Waals surface area contributed by atoms with Crippen LogP contribution in [0.2, 0.25) is 0 Å². The van der Waals surface area contributed by atoms with Crippen molar-refractivity contribution in [3.63, 3.8) is 0 Å². The summed E-state index contributed by atoms with van der Waals surface area (Å²) in [5.74, 6) is -0.321. The summed E-state index contributed by atoms with van der Waals surface area (Å²) < 4.78 is 15.8. The van der Waals surface area contributed by atoms with E-state index in [-0.39, 0.29) is 22.8 Å². The number of anilines is 1. The second kappa shape index (κ2) is 9.61. The minimum atomic E-state index is -0.832. The molecular formula is C20H20N4O6. The van der Waals surface area contributed by atoms with Crippen molar-refractivity contribution in [1.29, 1.82) is 0 Å². The maximum Gasteiger partial charge on any atom is 0.339 e. The molecule has 1 atom stereocenters. The Morgan fingerprint density at radius 2 is 2.00 bits per heavy atom. The van der Waals surface area contributed by atoms with Gasteiger partial charge in [-0.3, -0.25) is 10.1 Å². The van der Waals surface area contributed by atoms with Crippen LogP contribution in [-0.4, -0.2) is 41.4 Å². The molecular weight excluding hydrogens is 392 g/mol. The van der Waals surface area contributed by atoms with Crippen LogP contribution >= 0.6 is 0 Å². The molecule has 0 saturated heterocycles. The predicted molar refractivity (Wildman–Crippen MR) is 107 cm³/mol. The van der Waals surface area contributed by atoms with E-state index in [4.69, 9.17) is 13.9 Å². The molecule has 10 heteroatoms. The fraction of sp³-hybridized carbons (Fsp3) is 0.250. The fourth-order valence-corrected chi connectivity index (χ4v) is 2.62. The Morgan fingerprint density at radius 3 is 2.70 bits per heavy atom. The number of hydrogen-bond acceptors (Lipinski definition) is 9. The summed E-state index contributed by atoms with van der Waals surface area (Å²) in [5.41, 5.74) is 0.819. The monoisotopic (exact) mass is 412 g/mol. The van der Waals surface area contributed by atoms with Crippen molar-refractivity contribution in [2.45, 2.75) is 13.0 Å². The van der Waals surface area contributed by atoms with Gasteiger partial charge in [-0.2, -0.15) is 0 Å². The first kappa shape index (κ1) is 20.9. The average molecular weight is 412 g/mol. The number of ether oxygens (including phenoxy) is 2. The number of benzene rings is 2. The lowest BCUT2D eigenvalue weighted by atomic mass is 10.1. The quantitative estimate of drug-likeness (QED) is 0.242. The van der Waals surface area contributed by atoms with E-state index in [2.05, 4.69) is 15.5 Å². The number of nitrogens with zero attached hydrogens (tertiary/aromatic N) is 3. The van der Waals surface area contributed by atoms with Crippen LogP contribution in [0.5, 0.6) is 0 Å². The molecule has 1 aromatic heterocycles. The van der Waals surface area contributed by atoms with Gasteiger partial charge in [0.2, 0.25) is 5.89 Å². The van der Waals surface area contributed by atoms with E-state index in [1.54, 1.807) is 6.92 Å². The van der Waals surface area contributed by atoms with E-state index in [1.807, 2.05) is 30.3 Å². The number of rotatable bonds is 9. The van der Waals surface area contributed by atoms with Crippen molar-refractivity contribution < 1.29 is 23.6 Å². The maximum atomic E-state index is 12.5. The molecule has 1 heterocycles. The number of methoxy groups -OCH3 is 1. The molecule has 156 valence electrons. The second-order valence-electron chi connectivity index (χ2n) is 6.27. The number of nitro benzene ring substituents is 1. The molecule has 0 aliphatic heterocycles. The predicted octanol–water partition coefficient (Wildman–Crippen LogP) is 3.62. The summed E-state index contributed by atoms with van der Waals surface area (Å²) in [5, 5.41) is 22.1. The molecule has 0 spiro atoms. The number of hydrogen-bond donors (Lipinski definition) is 1. The minimum absolute atomic E-state index is 0.0358. The zero-order chi connectivity index (χ0) is 21.5. The number of nitro groups is 1. The van der Waals surface area contributed by atoms with Crippen molar-refractivity contribution >= 4 is 17.3 Å². The summed E-state index contributed by atoms with van der Waals surface area (Å²) in [6, 6.07) is 13.2. The molecule has 0 amide bonds. The largest absolute Gasteiger partial charge is 0.449 e. The lowest BCUT2D eigenvalue weighted by molar-refractivity contribution is -0.384. The van der Waals surface area contributed by atoms with Gasteiger partial charge in [0.05, 0.1) is 17.1 Å². The van der Waals surface area contributed by atoms with Gasteiger partial charge in [-0.25, -0.2) is 4.79 Å². The number of nitrogens with one attached hydrogen (secondary N) is 1. The number of carbonyl (C=O) groups is 1. The van der Waals surface area contributed by atoms with Crippen molar-refractivity contribution in [3.8, 4) is 11.5 Å². The lowest BCUT2D eigenvalue weighted by Gasteiger charge is -2.11. The molecule has 10 nitrogen and oxygen atoms in total. The first-order chi connectivity index (χ1) is 14.5. The van der Waals surface area contributed by atoms with Crippen LogP contribution in [0, 0.1) is 10.1 Å². The normalized spacial score (nSPS) is 11.7. The van der Waals surface area contributed by atoms with Crippen molar-refractivity contribution in [1.82, 2.24) is 10.2 Å². The third-order valence-corrected chi connectivity index (χ3v) is 4.14. The summed E-state index contributed by atoms with van der Waals surface area (Å²) in [6.07, 6.45) is -0.832. The van der Waals surface area contributed by atoms with Crippen LogP contribution in [0.4, 0.5) is 11.4 Å². The maximum absolute atomic E-state index is 12.5. The van der Waals surface area contributed by atoms with Gasteiger partial charge >= 0.3 is 5.97 Å². The topological polar surface area (TPSA) is 130 Å². The Bertz CT molecular complexity index is 1020. The van der Waals surface area contributed by atoms with Crippen LogP contribution in [0.3, 0.4) is 0 Å². The van der Waals surface area contributed by atoms with Crippen LogP contribution < -0.4 is 5.32 Å². The molecule has 0 aliphatic rings. The SMILES string of the molecule is COCCNc1ccc(C(=O)O[C@H](C)c2nnc(-c3ccccc3)o2)cc1[N+](=O)[O-]. The highest BCUT2D eigenvalue weighted by Gasteiger charge is 2.23. The third-order valence-electron chi connectivity index (χ3n) is 4.14. The second-order valence-corrected chi connectivity index (χ2v) is 6.27. The third kappa shape index (κ3) is 4.97. The lowest BCUT2D eigenvalue weighted by Crippen LogP contribution is -2.12. The van der Waals surface area contributed by atoms with E-state index in [0.717, 1.165) is 11.6 Å². The standard InChI is InChI=1S/C20H20N4O6/c1-13(18-22-23-19(30-18)14-6-4-3-5-7-14)29-20(25)15-8-9-16(21-10-11-28-2)17(12-15)24(26)27/h3-9,12-13,21H,10-11H2,1-2H3/t13-/m1/s1. The van der Waals surface area contributed by atoms with E-state index in [1.165, 1.54) is 19.2 Å². The number of carbonyl (C=O) groups excluding carboxylic acids is 1. The van der Waals surface area contributed by atoms with Gasteiger partial charge < -0.3 is 19.2 Å². The first-order valence-corrected chi connectivity index (χ1v) is 9.10. The zero-order valence-corrected chi connectivity index (χ0v) is 16.4. The molecule has 0 saturated carbocycles. The molecule has 3 aromatic rings. The van der Waals surface area contributed by atoms with Crippen LogP contribution in [0.15, 0.2) is 52.9 Å². The molecule has 0 fully saturated rings. The van der Waals surface area contributed by atoms with E-state index >= 15 is 0 Å². The summed E-state index contributed by atoms with van der Waals surface area (Å²) in [6.45, 7) is 2.35. The summed E-state index contributed by atoms with van der Waals surface area (Å²) in [7, 11) is 1.53. The van der Waals surface area contributed by atoms with Crippen molar-refractivity contribution in [3.05, 3.63) is 70.1 Å². The highest BCUT2D eigenvalue weighted by molar-refractivity contribution is 5.91. The van der Waals surface area contributed by atoms with Gasteiger partial charge in [0.25, 0.3) is 11.6 Å². The zero-order valence-electron chi connectivity index (χ0n) is 16.4. The summed E-state index contributed by atoms with van der Waals surface area (Å²) >= 11 is 0. The Hall–Kier alpha value is -3.79. The van der Waals surface area contributed by atoms with E-state index in [0.29, 0.717) is 19.0 Å². The van der Waals surface area contributed by atoms with Crippen LogP contribution in [0.1, 0.15) is 29.3 Å². The van der Waals surface area contributed by atoms with Crippen molar-refractivity contribution in [2.24, 2.45) is 0 Å². The number of aromatic nitrogens is 2. The van der Waals surface area contributed by atoms with Crippen molar-refractivity contribution in [2.75, 3.05) is 25.6 Å². The van der Waals surface area contributed by atoms with Gasteiger partial charge in [-0.05, 0) is 31.2 Å². The van der Waals surface area contributed by atoms with Crippen LogP contribution in [-0.2, 0) is 9.47 Å². The van der Waals surface area contributed by atoms with Gasteiger partial charge in [0.15, 0.2) is 6.10 Å². The van der Waals surface area contributed by atoms with Gasteiger partial charge in [-0.15, -0.1) is 10.2 Å². The van der Waals surface area contributed by atoms with Gasteiger partial charge in [0.1, 0.15) is 5.69 Å². The summed E-state index contributed by atoms with van der Waals surface area (Å²) in [4.78, 5) is 23.3. The number of esters is 1. The smallest absolute Gasteiger partial charge is 0.339 e. The molecule has 3 rings (SSSR count). The molecule has 0 unspecified atom stereocenters. The van der Waals surface area contributed by atoms with Gasteiger partial charge in [0, 0.05) is 25.3 Å². The Morgan fingerprint density at radius 1 is 1.23 bits per heavy atom. The Labute approximate surface area is 172 Å². The highest BCUT2D eigenvalue weighted by Crippen LogP contribution is 2.27. The molecule has 1 N–H and O–H groups in total. The molecule has 30 heavy (non-hydrogen) atoms. The molecule has 0 aliphatic carbocycles. The molecule has 0 radical (unpaired) electrons. The minimum Gasteiger partial charge on any atom is -0.449 e. The highest BCUT2D eigenvalue weighted by atomic mass is 16.6. The first-order valence-electron chi connectivity index (χ1n) is 9.10. The average Bonchev–Trinajstić information content (AvgIpc) is 3.25.